The van der Waals surface area contributed by atoms with Gasteiger partial charge in [0.05, 0.1) is 6.61 Å². The summed E-state index contributed by atoms with van der Waals surface area (Å²) in [5.41, 5.74) is -0.223. The summed E-state index contributed by atoms with van der Waals surface area (Å²) in [4.78, 5) is 31.4. The molecule has 0 N–H and O–H groups in total. The Labute approximate surface area is 140 Å². The van der Waals surface area contributed by atoms with E-state index in [0.29, 0.717) is 25.7 Å². The first-order valence-corrected chi connectivity index (χ1v) is 8.07. The van der Waals surface area contributed by atoms with E-state index in [0.717, 1.165) is 13.1 Å². The van der Waals surface area contributed by atoms with Crippen LogP contribution >= 0.6 is 0 Å². The Hall–Kier alpha value is -2.25. The van der Waals surface area contributed by atoms with Gasteiger partial charge in [0.1, 0.15) is 11.9 Å². The average molecular weight is 337 g/mol. The fourth-order valence-corrected chi connectivity index (χ4v) is 3.03. The lowest BCUT2D eigenvalue weighted by atomic mass is 9.73. The number of aromatic nitrogens is 1. The van der Waals surface area contributed by atoms with E-state index in [1.54, 1.807) is 11.8 Å². The Kier molecular flexibility index (Phi) is 3.93. The number of likely N-dealkylation sites (tertiary alicyclic amines) is 1. The van der Waals surface area contributed by atoms with E-state index in [1.807, 2.05) is 25.7 Å². The second kappa shape index (κ2) is 5.68. The van der Waals surface area contributed by atoms with E-state index in [-0.39, 0.29) is 17.2 Å². The standard InChI is InChI=1S/C16H23N3O5/c1-5-22-12(20)11-6-23-13(17-11)18-7-16(8-18)9-19(10-16)14(21)24-15(2,3)4/h6H,5,7-10H2,1-4H3. The average Bonchev–Trinajstić information content (AvgIpc) is 2.83. The highest BCUT2D eigenvalue weighted by Crippen LogP contribution is 2.42. The van der Waals surface area contributed by atoms with Crippen LogP contribution in [0.5, 0.6) is 0 Å². The number of hydrogen-bond acceptors (Lipinski definition) is 7. The van der Waals surface area contributed by atoms with Crippen molar-refractivity contribution in [3.05, 3.63) is 12.0 Å². The van der Waals surface area contributed by atoms with Crippen molar-refractivity contribution in [2.75, 3.05) is 37.7 Å². The molecule has 0 radical (unpaired) electrons. The summed E-state index contributed by atoms with van der Waals surface area (Å²) in [6.07, 6.45) is 1.04. The van der Waals surface area contributed by atoms with Crippen LogP contribution in [0.2, 0.25) is 0 Å². The molecule has 132 valence electrons. The molecule has 0 aliphatic carbocycles. The molecular formula is C16H23N3O5. The Morgan fingerprint density at radius 1 is 1.29 bits per heavy atom. The zero-order valence-corrected chi connectivity index (χ0v) is 14.5. The maximum atomic E-state index is 12.0. The molecule has 2 saturated heterocycles. The maximum absolute atomic E-state index is 12.0. The maximum Gasteiger partial charge on any atom is 0.410 e. The van der Waals surface area contributed by atoms with E-state index in [9.17, 15) is 9.59 Å². The topological polar surface area (TPSA) is 85.1 Å². The van der Waals surface area contributed by atoms with Crippen molar-refractivity contribution in [1.29, 1.82) is 0 Å². The van der Waals surface area contributed by atoms with Gasteiger partial charge >= 0.3 is 12.1 Å². The number of ether oxygens (including phenoxy) is 2. The number of oxazole rings is 1. The van der Waals surface area contributed by atoms with Crippen LogP contribution in [0.3, 0.4) is 0 Å². The first kappa shape index (κ1) is 16.6. The Morgan fingerprint density at radius 2 is 1.96 bits per heavy atom. The highest BCUT2D eigenvalue weighted by atomic mass is 16.6. The van der Waals surface area contributed by atoms with Gasteiger partial charge in [-0.05, 0) is 27.7 Å². The van der Waals surface area contributed by atoms with Gasteiger partial charge < -0.3 is 23.7 Å². The van der Waals surface area contributed by atoms with Crippen LogP contribution in [0.15, 0.2) is 10.7 Å². The van der Waals surface area contributed by atoms with Crippen LogP contribution in [0, 0.1) is 5.41 Å². The van der Waals surface area contributed by atoms with Crippen molar-refractivity contribution < 1.29 is 23.5 Å². The summed E-state index contributed by atoms with van der Waals surface area (Å²) in [5.74, 6) is -0.484. The quantitative estimate of drug-likeness (QED) is 0.779. The number of nitrogens with zero attached hydrogens (tertiary/aromatic N) is 3. The van der Waals surface area contributed by atoms with Gasteiger partial charge in [0.15, 0.2) is 5.69 Å². The number of anilines is 1. The highest BCUT2D eigenvalue weighted by molar-refractivity contribution is 5.87. The van der Waals surface area contributed by atoms with Crippen LogP contribution in [-0.4, -0.2) is 60.3 Å². The molecule has 0 bridgehead atoms. The van der Waals surface area contributed by atoms with Crippen molar-refractivity contribution >= 4 is 18.1 Å². The molecule has 1 aromatic rings. The minimum absolute atomic E-state index is 0.0788. The van der Waals surface area contributed by atoms with Gasteiger partial charge in [-0.3, -0.25) is 0 Å². The summed E-state index contributed by atoms with van der Waals surface area (Å²) < 4.78 is 15.6. The van der Waals surface area contributed by atoms with Crippen LogP contribution in [-0.2, 0) is 9.47 Å². The minimum Gasteiger partial charge on any atom is -0.461 e. The molecule has 3 heterocycles. The largest absolute Gasteiger partial charge is 0.461 e. The molecule has 0 saturated carbocycles. The van der Waals surface area contributed by atoms with Gasteiger partial charge in [-0.1, -0.05) is 0 Å². The van der Waals surface area contributed by atoms with Crippen molar-refractivity contribution in [1.82, 2.24) is 9.88 Å². The molecule has 8 heteroatoms. The van der Waals surface area contributed by atoms with Gasteiger partial charge in [-0.15, -0.1) is 0 Å². The second-order valence-corrected chi connectivity index (χ2v) is 7.43. The van der Waals surface area contributed by atoms with Crippen molar-refractivity contribution in [3.63, 3.8) is 0 Å². The number of amides is 1. The smallest absolute Gasteiger partial charge is 0.410 e. The minimum atomic E-state index is -0.484. The van der Waals surface area contributed by atoms with E-state index in [4.69, 9.17) is 13.9 Å². The predicted molar refractivity (Wildman–Crippen MR) is 84.9 cm³/mol. The van der Waals surface area contributed by atoms with Gasteiger partial charge in [0, 0.05) is 31.6 Å². The summed E-state index contributed by atoms with van der Waals surface area (Å²) in [7, 11) is 0. The lowest BCUT2D eigenvalue weighted by molar-refractivity contribution is -0.0463. The Bertz CT molecular complexity index is 634. The second-order valence-electron chi connectivity index (χ2n) is 7.43. The predicted octanol–water partition coefficient (Wildman–Crippen LogP) is 1.91. The molecule has 1 amide bonds. The SMILES string of the molecule is CCOC(=O)c1coc(N2CC3(CN(C(=O)OC(C)(C)C)C3)C2)n1. The summed E-state index contributed by atoms with van der Waals surface area (Å²) in [5, 5.41) is 0. The number of esters is 1. The van der Waals surface area contributed by atoms with Crippen LogP contribution in [0.4, 0.5) is 10.8 Å². The molecule has 2 aliphatic rings. The van der Waals surface area contributed by atoms with Crippen LogP contribution in [0.1, 0.15) is 38.2 Å². The molecule has 0 unspecified atom stereocenters. The molecule has 0 atom stereocenters. The summed E-state index contributed by atoms with van der Waals surface area (Å²) in [6, 6.07) is 0.416. The van der Waals surface area contributed by atoms with E-state index in [2.05, 4.69) is 4.98 Å². The van der Waals surface area contributed by atoms with Gasteiger partial charge in [-0.25, -0.2) is 9.59 Å². The normalized spacial score (nSPS) is 18.8. The van der Waals surface area contributed by atoms with Crippen molar-refractivity contribution in [3.8, 4) is 0 Å². The number of hydrogen-bond donors (Lipinski definition) is 0. The Balaban J connectivity index is 1.49. The summed E-state index contributed by atoms with van der Waals surface area (Å²) in [6.45, 7) is 10.4. The molecular weight excluding hydrogens is 314 g/mol. The van der Waals surface area contributed by atoms with Crippen molar-refractivity contribution in [2.24, 2.45) is 5.41 Å². The zero-order chi connectivity index (χ0) is 17.5. The number of rotatable bonds is 3. The molecule has 1 aromatic heterocycles. The molecule has 24 heavy (non-hydrogen) atoms. The summed E-state index contributed by atoms with van der Waals surface area (Å²) >= 11 is 0. The first-order chi connectivity index (χ1) is 11.2. The van der Waals surface area contributed by atoms with E-state index in [1.165, 1.54) is 6.26 Å². The fraction of sp³-hybridized carbons (Fsp3) is 0.688. The number of carbonyl (C=O) groups is 2. The lowest BCUT2D eigenvalue weighted by Crippen LogP contribution is -2.73. The van der Waals surface area contributed by atoms with Crippen LogP contribution in [0.25, 0.3) is 0 Å². The third-order valence-corrected chi connectivity index (χ3v) is 4.00. The van der Waals surface area contributed by atoms with E-state index < -0.39 is 11.6 Å². The first-order valence-electron chi connectivity index (χ1n) is 8.07. The van der Waals surface area contributed by atoms with Crippen LogP contribution < -0.4 is 4.90 Å². The van der Waals surface area contributed by atoms with E-state index >= 15 is 0 Å². The van der Waals surface area contributed by atoms with Crippen molar-refractivity contribution in [2.45, 2.75) is 33.3 Å². The van der Waals surface area contributed by atoms with Gasteiger partial charge in [-0.2, -0.15) is 4.98 Å². The number of carbonyl (C=O) groups excluding carboxylic acids is 2. The molecule has 0 aromatic carbocycles. The lowest BCUT2D eigenvalue weighted by Gasteiger charge is -2.59. The molecule has 2 fully saturated rings. The molecule has 2 aliphatic heterocycles. The molecule has 1 spiro atoms. The Morgan fingerprint density at radius 3 is 2.54 bits per heavy atom. The third kappa shape index (κ3) is 3.18. The fourth-order valence-electron chi connectivity index (χ4n) is 3.03. The monoisotopic (exact) mass is 337 g/mol. The van der Waals surface area contributed by atoms with Gasteiger partial charge in [0.2, 0.25) is 0 Å². The highest BCUT2D eigenvalue weighted by Gasteiger charge is 2.55. The molecule has 3 rings (SSSR count). The zero-order valence-electron chi connectivity index (χ0n) is 14.5. The molecule has 8 nitrogen and oxygen atoms in total. The third-order valence-electron chi connectivity index (χ3n) is 4.00. The van der Waals surface area contributed by atoms with Gasteiger partial charge in [0.25, 0.3) is 6.01 Å².